The van der Waals surface area contributed by atoms with E-state index < -0.39 is 0 Å². The van der Waals surface area contributed by atoms with Crippen molar-refractivity contribution >= 4 is 16.5 Å². The molecule has 0 radical (unpaired) electrons. The maximum atomic E-state index is 5.30. The van der Waals surface area contributed by atoms with Crippen LogP contribution in [0.3, 0.4) is 0 Å². The molecule has 1 fully saturated rings. The predicted octanol–water partition coefficient (Wildman–Crippen LogP) is 1.66. The van der Waals surface area contributed by atoms with Gasteiger partial charge in [0, 0.05) is 24.2 Å². The molecule has 3 N–H and O–H groups in total. The van der Waals surface area contributed by atoms with E-state index in [9.17, 15) is 0 Å². The Labute approximate surface area is 94.5 Å². The lowest BCUT2D eigenvalue weighted by Gasteiger charge is -2.18. The number of likely N-dealkylation sites (tertiary alicyclic amines) is 1. The summed E-state index contributed by atoms with van der Waals surface area (Å²) in [5, 5.41) is 0.795. The predicted molar refractivity (Wildman–Crippen MR) is 63.6 cm³/mol. The molecule has 1 aliphatic heterocycles. The highest BCUT2D eigenvalue weighted by Gasteiger charge is 2.29. The zero-order valence-electron chi connectivity index (χ0n) is 9.29. The maximum Gasteiger partial charge on any atom is 0.197 e. The van der Waals surface area contributed by atoms with Crippen LogP contribution in [0.25, 0.3) is 0 Å². The van der Waals surface area contributed by atoms with Gasteiger partial charge in [0.15, 0.2) is 5.13 Å². The van der Waals surface area contributed by atoms with E-state index in [1.165, 1.54) is 24.4 Å². The Bertz CT molecular complexity index is 334. The molecule has 0 unspecified atom stereocenters. The summed E-state index contributed by atoms with van der Waals surface area (Å²) in [6, 6.07) is 0. The van der Waals surface area contributed by atoms with Crippen LogP contribution in [0.15, 0.2) is 6.20 Å². The Morgan fingerprint density at radius 3 is 3.00 bits per heavy atom. The average molecular weight is 226 g/mol. The highest BCUT2D eigenvalue weighted by Crippen LogP contribution is 2.30. The maximum absolute atomic E-state index is 5.30. The fourth-order valence-electron chi connectivity index (χ4n) is 2.03. The quantitative estimate of drug-likeness (QED) is 0.608. The zero-order valence-corrected chi connectivity index (χ0v) is 10.1. The van der Waals surface area contributed by atoms with E-state index in [0.717, 1.165) is 11.7 Å². The highest BCUT2D eigenvalue weighted by molar-refractivity contribution is 7.15. The minimum absolute atomic E-state index is 0.472. The first-order valence-electron chi connectivity index (χ1n) is 5.23. The molecule has 1 saturated heterocycles. The van der Waals surface area contributed by atoms with Crippen LogP contribution < -0.4 is 11.3 Å². The molecule has 1 aromatic rings. The number of aromatic nitrogens is 1. The number of hydrazine groups is 1. The molecule has 0 aromatic carbocycles. The standard InChI is InChI=1S/C10H18N4S/c1-10(2)3-4-14(7-10)6-8-5-12-9(13-11)15-8/h5H,3-4,6-7,11H2,1-2H3,(H,12,13). The van der Waals surface area contributed by atoms with Gasteiger partial charge in [-0.2, -0.15) is 0 Å². The first-order valence-corrected chi connectivity index (χ1v) is 6.04. The summed E-state index contributed by atoms with van der Waals surface area (Å²) in [6.45, 7) is 8.02. The second kappa shape index (κ2) is 4.08. The van der Waals surface area contributed by atoms with E-state index in [0.29, 0.717) is 5.41 Å². The van der Waals surface area contributed by atoms with E-state index >= 15 is 0 Å². The molecule has 0 atom stereocenters. The van der Waals surface area contributed by atoms with Gasteiger partial charge in [-0.15, -0.1) is 0 Å². The largest absolute Gasteiger partial charge is 0.300 e. The van der Waals surface area contributed by atoms with Gasteiger partial charge in [0.25, 0.3) is 0 Å². The average Bonchev–Trinajstić information content (AvgIpc) is 2.73. The third-order valence-electron chi connectivity index (χ3n) is 2.81. The van der Waals surface area contributed by atoms with Crippen LogP contribution in [0.4, 0.5) is 5.13 Å². The third-order valence-corrected chi connectivity index (χ3v) is 3.73. The lowest BCUT2D eigenvalue weighted by Crippen LogP contribution is -2.22. The van der Waals surface area contributed by atoms with Crippen LogP contribution in [0.5, 0.6) is 0 Å². The number of nitrogens with zero attached hydrogens (tertiary/aromatic N) is 2. The van der Waals surface area contributed by atoms with Gasteiger partial charge in [0.05, 0.1) is 0 Å². The molecule has 15 heavy (non-hydrogen) atoms. The van der Waals surface area contributed by atoms with Crippen molar-refractivity contribution in [3.05, 3.63) is 11.1 Å². The van der Waals surface area contributed by atoms with Crippen molar-refractivity contribution in [1.29, 1.82) is 0 Å². The van der Waals surface area contributed by atoms with Crippen molar-refractivity contribution in [2.75, 3.05) is 18.5 Å². The number of hydrogen-bond donors (Lipinski definition) is 2. The van der Waals surface area contributed by atoms with Gasteiger partial charge in [-0.25, -0.2) is 10.8 Å². The Hall–Kier alpha value is -0.650. The summed E-state index contributed by atoms with van der Waals surface area (Å²) in [6.07, 6.45) is 3.19. The Morgan fingerprint density at radius 2 is 2.47 bits per heavy atom. The van der Waals surface area contributed by atoms with Crippen molar-refractivity contribution in [3.63, 3.8) is 0 Å². The van der Waals surface area contributed by atoms with Gasteiger partial charge in [-0.05, 0) is 18.4 Å². The molecule has 1 aromatic heterocycles. The van der Waals surface area contributed by atoms with E-state index in [1.807, 2.05) is 6.20 Å². The Morgan fingerprint density at radius 1 is 1.67 bits per heavy atom. The van der Waals surface area contributed by atoms with E-state index in [2.05, 4.69) is 29.2 Å². The molecule has 2 rings (SSSR count). The lowest BCUT2D eigenvalue weighted by molar-refractivity contribution is 0.286. The highest BCUT2D eigenvalue weighted by atomic mass is 32.1. The third kappa shape index (κ3) is 2.68. The van der Waals surface area contributed by atoms with Crippen molar-refractivity contribution < 1.29 is 0 Å². The molecule has 0 saturated carbocycles. The van der Waals surface area contributed by atoms with E-state index in [-0.39, 0.29) is 0 Å². The van der Waals surface area contributed by atoms with Gasteiger partial charge < -0.3 is 0 Å². The van der Waals surface area contributed by atoms with Crippen LogP contribution in [0, 0.1) is 5.41 Å². The van der Waals surface area contributed by atoms with Crippen LogP contribution in [-0.2, 0) is 6.54 Å². The topological polar surface area (TPSA) is 54.2 Å². The number of rotatable bonds is 3. The first-order chi connectivity index (χ1) is 7.09. The smallest absolute Gasteiger partial charge is 0.197 e. The minimum Gasteiger partial charge on any atom is -0.300 e. The lowest BCUT2D eigenvalue weighted by atomic mass is 9.93. The van der Waals surface area contributed by atoms with Crippen molar-refractivity contribution in [1.82, 2.24) is 9.88 Å². The molecular weight excluding hydrogens is 208 g/mol. The van der Waals surface area contributed by atoms with Crippen LogP contribution in [0.2, 0.25) is 0 Å². The SMILES string of the molecule is CC1(C)CCN(Cc2cnc(NN)s2)C1. The normalized spacial score (nSPS) is 20.7. The first kappa shape index (κ1) is 10.9. The summed E-state index contributed by atoms with van der Waals surface area (Å²) in [5.41, 5.74) is 3.05. The van der Waals surface area contributed by atoms with Crippen LogP contribution in [-0.4, -0.2) is 23.0 Å². The monoisotopic (exact) mass is 226 g/mol. The van der Waals surface area contributed by atoms with E-state index in [4.69, 9.17) is 5.84 Å². The Kier molecular flexibility index (Phi) is 2.95. The number of nitrogens with two attached hydrogens (primary N) is 1. The molecule has 0 bridgehead atoms. The number of thiazole rings is 1. The fourth-order valence-corrected chi connectivity index (χ4v) is 2.79. The van der Waals surface area contributed by atoms with Gasteiger partial charge in [0.1, 0.15) is 0 Å². The summed E-state index contributed by atoms with van der Waals surface area (Å²) in [5.74, 6) is 5.30. The van der Waals surface area contributed by atoms with Crippen LogP contribution >= 0.6 is 11.3 Å². The van der Waals surface area contributed by atoms with E-state index in [1.54, 1.807) is 11.3 Å². The van der Waals surface area contributed by atoms with Gasteiger partial charge in [-0.3, -0.25) is 10.3 Å². The second-order valence-corrected chi connectivity index (χ2v) is 6.02. The second-order valence-electron chi connectivity index (χ2n) is 4.90. The van der Waals surface area contributed by atoms with Crippen molar-refractivity contribution in [2.24, 2.45) is 11.3 Å². The molecule has 1 aliphatic rings. The number of nitrogens with one attached hydrogen (secondary N) is 1. The molecule has 84 valence electrons. The molecule has 0 amide bonds. The summed E-state index contributed by atoms with van der Waals surface area (Å²) < 4.78 is 0. The summed E-state index contributed by atoms with van der Waals surface area (Å²) >= 11 is 1.63. The van der Waals surface area contributed by atoms with Gasteiger partial charge >= 0.3 is 0 Å². The molecule has 0 spiro atoms. The number of nitrogen functional groups attached to an aromatic ring is 1. The molecule has 5 heteroatoms. The fraction of sp³-hybridized carbons (Fsp3) is 0.700. The molecule has 0 aliphatic carbocycles. The van der Waals surface area contributed by atoms with Crippen molar-refractivity contribution in [3.8, 4) is 0 Å². The summed E-state index contributed by atoms with van der Waals surface area (Å²) in [7, 11) is 0. The zero-order chi connectivity index (χ0) is 10.9. The van der Waals surface area contributed by atoms with Crippen LogP contribution in [0.1, 0.15) is 25.1 Å². The molecule has 2 heterocycles. The Balaban J connectivity index is 1.92. The van der Waals surface area contributed by atoms with Gasteiger partial charge in [-0.1, -0.05) is 25.2 Å². The number of anilines is 1. The molecular formula is C10H18N4S. The number of hydrogen-bond acceptors (Lipinski definition) is 5. The minimum atomic E-state index is 0.472. The van der Waals surface area contributed by atoms with Gasteiger partial charge in [0.2, 0.25) is 0 Å². The summed E-state index contributed by atoms with van der Waals surface area (Å²) in [4.78, 5) is 7.93. The van der Waals surface area contributed by atoms with Crippen molar-refractivity contribution in [2.45, 2.75) is 26.8 Å². The molecule has 4 nitrogen and oxygen atoms in total.